The van der Waals surface area contributed by atoms with Gasteiger partial charge in [-0.15, -0.1) is 0 Å². The largest absolute Gasteiger partial charge is 0.456 e. The molecule has 6 heteroatoms. The molecule has 0 saturated carbocycles. The molecule has 57 heavy (non-hydrogen) atoms. The maximum Gasteiger partial charge on any atom is 0.167 e. The summed E-state index contributed by atoms with van der Waals surface area (Å²) in [5.41, 5.74) is 10.7. The lowest BCUT2D eigenvalue weighted by molar-refractivity contribution is 0.565. The van der Waals surface area contributed by atoms with E-state index >= 15 is 0 Å². The number of fused-ring (bicyclic) bond motifs is 9. The van der Waals surface area contributed by atoms with Gasteiger partial charge in [0.15, 0.2) is 17.5 Å². The summed E-state index contributed by atoms with van der Waals surface area (Å²) < 4.78 is 15.5. The van der Waals surface area contributed by atoms with Gasteiger partial charge in [-0.1, -0.05) is 121 Å². The van der Waals surface area contributed by atoms with Crippen molar-refractivity contribution in [2.45, 2.75) is 12.5 Å². The molecule has 11 aromatic rings. The Kier molecular flexibility index (Phi) is 6.95. The SMILES string of the molecule is C1=c2oc3c(-c4nc(-c5ccccc5)nc(-c5ccc6c(c5)oc5ccccc56)n4)cccc3c2=CC(n2c3ccccc3c3cc(-c4ccccc4)ccc32)C1. The van der Waals surface area contributed by atoms with Crippen LogP contribution in [0.15, 0.2) is 173 Å². The van der Waals surface area contributed by atoms with Crippen LogP contribution in [0.5, 0.6) is 0 Å². The number of rotatable bonds is 5. The summed E-state index contributed by atoms with van der Waals surface area (Å²) in [5.74, 6) is 1.71. The van der Waals surface area contributed by atoms with Gasteiger partial charge in [-0.25, -0.2) is 15.0 Å². The Morgan fingerprint density at radius 1 is 0.456 bits per heavy atom. The second kappa shape index (κ2) is 12.5. The molecular formula is C51H32N4O2. The standard InChI is InChI=1S/C51H32N4O2/c1-3-12-31(13-4-1)33-23-26-44-41(28-33)36-16-7-9-20-43(36)55(44)35-24-27-46-42(30-35)39-18-11-19-40(48(39)57-46)51-53-49(32-14-5-2-6-15-32)52-50(54-51)34-22-25-38-37-17-8-10-21-45(37)56-47(38)29-34/h1-23,25-30,35H,24H2. The van der Waals surface area contributed by atoms with Gasteiger partial charge in [-0.05, 0) is 72.2 Å². The van der Waals surface area contributed by atoms with E-state index in [1.54, 1.807) is 0 Å². The first-order chi connectivity index (χ1) is 28.2. The van der Waals surface area contributed by atoms with E-state index < -0.39 is 0 Å². The molecule has 0 aliphatic heterocycles. The summed E-state index contributed by atoms with van der Waals surface area (Å²) >= 11 is 0. The molecule has 0 bridgehead atoms. The third-order valence-corrected chi connectivity index (χ3v) is 11.4. The molecule has 1 aliphatic rings. The molecule has 1 atom stereocenters. The van der Waals surface area contributed by atoms with Crippen molar-refractivity contribution in [3.63, 3.8) is 0 Å². The van der Waals surface area contributed by atoms with Crippen molar-refractivity contribution in [1.29, 1.82) is 0 Å². The number of nitrogens with zero attached hydrogens (tertiary/aromatic N) is 4. The van der Waals surface area contributed by atoms with E-state index in [2.05, 4.69) is 120 Å². The zero-order valence-corrected chi connectivity index (χ0v) is 30.6. The first-order valence-electron chi connectivity index (χ1n) is 19.3. The van der Waals surface area contributed by atoms with Gasteiger partial charge in [0.05, 0.1) is 11.6 Å². The molecule has 7 aromatic carbocycles. The third kappa shape index (κ3) is 5.07. The molecule has 1 aliphatic carbocycles. The van der Waals surface area contributed by atoms with E-state index in [4.69, 9.17) is 23.8 Å². The van der Waals surface area contributed by atoms with Gasteiger partial charge in [0.1, 0.15) is 22.2 Å². The van der Waals surface area contributed by atoms with Crippen LogP contribution in [0, 0.1) is 0 Å². The van der Waals surface area contributed by atoms with Crippen molar-refractivity contribution in [3.05, 3.63) is 174 Å². The van der Waals surface area contributed by atoms with E-state index in [0.29, 0.717) is 17.5 Å². The monoisotopic (exact) mass is 732 g/mol. The Balaban J connectivity index is 1.01. The van der Waals surface area contributed by atoms with Crippen molar-refractivity contribution in [1.82, 2.24) is 19.5 Å². The van der Waals surface area contributed by atoms with E-state index in [1.807, 2.05) is 60.7 Å². The van der Waals surface area contributed by atoms with Crippen LogP contribution >= 0.6 is 0 Å². The number of aromatic nitrogens is 4. The molecule has 12 rings (SSSR count). The summed E-state index contributed by atoms with van der Waals surface area (Å²) in [6.07, 6.45) is 5.41. The zero-order valence-electron chi connectivity index (χ0n) is 30.6. The van der Waals surface area contributed by atoms with E-state index in [1.165, 1.54) is 32.9 Å². The van der Waals surface area contributed by atoms with Gasteiger partial charge in [0.2, 0.25) is 0 Å². The van der Waals surface area contributed by atoms with Gasteiger partial charge in [0.25, 0.3) is 0 Å². The summed E-state index contributed by atoms with van der Waals surface area (Å²) in [7, 11) is 0. The van der Waals surface area contributed by atoms with Gasteiger partial charge in [-0.3, -0.25) is 0 Å². The molecule has 0 N–H and O–H groups in total. The summed E-state index contributed by atoms with van der Waals surface area (Å²) in [6.45, 7) is 0. The maximum atomic E-state index is 6.75. The van der Waals surface area contributed by atoms with Crippen molar-refractivity contribution in [2.24, 2.45) is 0 Å². The van der Waals surface area contributed by atoms with Crippen molar-refractivity contribution in [3.8, 4) is 45.3 Å². The van der Waals surface area contributed by atoms with Crippen LogP contribution in [0.25, 0.3) is 112 Å². The lowest BCUT2D eigenvalue weighted by Gasteiger charge is -2.18. The molecular weight excluding hydrogens is 701 g/mol. The Labute approximate surface area is 326 Å². The molecule has 4 aromatic heterocycles. The minimum atomic E-state index is 0.0913. The van der Waals surface area contributed by atoms with Crippen LogP contribution in [0.1, 0.15) is 12.5 Å². The third-order valence-electron chi connectivity index (χ3n) is 11.4. The molecule has 1 unspecified atom stereocenters. The fraction of sp³-hybridized carbons (Fsp3) is 0.0392. The smallest absolute Gasteiger partial charge is 0.167 e. The van der Waals surface area contributed by atoms with Crippen LogP contribution in [-0.4, -0.2) is 19.5 Å². The van der Waals surface area contributed by atoms with E-state index in [-0.39, 0.29) is 6.04 Å². The lowest BCUT2D eigenvalue weighted by Crippen LogP contribution is -2.26. The predicted octanol–water partition coefficient (Wildman–Crippen LogP) is 11.5. The first-order valence-corrected chi connectivity index (χ1v) is 19.3. The molecule has 268 valence electrons. The predicted molar refractivity (Wildman–Crippen MR) is 230 cm³/mol. The highest BCUT2D eigenvalue weighted by Gasteiger charge is 2.22. The number of furan rings is 2. The van der Waals surface area contributed by atoms with Crippen molar-refractivity contribution < 1.29 is 8.83 Å². The average molecular weight is 733 g/mol. The molecule has 0 saturated heterocycles. The van der Waals surface area contributed by atoms with Crippen molar-refractivity contribution in [2.75, 3.05) is 0 Å². The molecule has 0 amide bonds. The topological polar surface area (TPSA) is 69.9 Å². The van der Waals surface area contributed by atoms with Gasteiger partial charge in [0, 0.05) is 54.3 Å². The highest BCUT2D eigenvalue weighted by molar-refractivity contribution is 6.10. The number of benzene rings is 7. The van der Waals surface area contributed by atoms with Crippen LogP contribution in [0.3, 0.4) is 0 Å². The Bertz CT molecular complexity index is 3510. The molecule has 0 spiro atoms. The van der Waals surface area contributed by atoms with Crippen LogP contribution in [-0.2, 0) is 0 Å². The number of hydrogen-bond donors (Lipinski definition) is 0. The highest BCUT2D eigenvalue weighted by atomic mass is 16.3. The maximum absolute atomic E-state index is 6.75. The zero-order chi connectivity index (χ0) is 37.5. The first kappa shape index (κ1) is 31.7. The molecule has 0 radical (unpaired) electrons. The second-order valence-electron chi connectivity index (χ2n) is 14.7. The van der Waals surface area contributed by atoms with E-state index in [0.717, 1.165) is 66.7 Å². The average Bonchev–Trinajstić information content (AvgIpc) is 3.95. The van der Waals surface area contributed by atoms with E-state index in [9.17, 15) is 0 Å². The normalized spacial score (nSPS) is 14.0. The summed E-state index contributed by atoms with van der Waals surface area (Å²) in [4.78, 5) is 15.2. The van der Waals surface area contributed by atoms with Crippen LogP contribution in [0.2, 0.25) is 0 Å². The number of hydrogen-bond acceptors (Lipinski definition) is 5. The van der Waals surface area contributed by atoms with Crippen LogP contribution < -0.4 is 10.6 Å². The fourth-order valence-corrected chi connectivity index (χ4v) is 8.70. The Morgan fingerprint density at radius 3 is 1.98 bits per heavy atom. The molecule has 6 nitrogen and oxygen atoms in total. The van der Waals surface area contributed by atoms with Crippen molar-refractivity contribution >= 4 is 66.9 Å². The van der Waals surface area contributed by atoms with Crippen LogP contribution in [0.4, 0.5) is 0 Å². The van der Waals surface area contributed by atoms with Gasteiger partial charge >= 0.3 is 0 Å². The fourth-order valence-electron chi connectivity index (χ4n) is 8.70. The highest BCUT2D eigenvalue weighted by Crippen LogP contribution is 2.38. The van der Waals surface area contributed by atoms with Gasteiger partial charge in [-0.2, -0.15) is 0 Å². The second-order valence-corrected chi connectivity index (χ2v) is 14.7. The van der Waals surface area contributed by atoms with Gasteiger partial charge < -0.3 is 13.4 Å². The Morgan fingerprint density at radius 2 is 1.12 bits per heavy atom. The summed E-state index contributed by atoms with van der Waals surface area (Å²) in [5, 5.41) is 6.76. The lowest BCUT2D eigenvalue weighted by atomic mass is 10.0. The minimum absolute atomic E-state index is 0.0913. The molecule has 0 fully saturated rings. The number of para-hydroxylation sites is 3. The quantitative estimate of drug-likeness (QED) is 0.176. The molecule has 4 heterocycles. The minimum Gasteiger partial charge on any atom is -0.456 e. The Hall–Kier alpha value is -7.57. The summed E-state index contributed by atoms with van der Waals surface area (Å²) in [6, 6.07) is 56.9.